The molecule has 4 rings (SSSR count). The second kappa shape index (κ2) is 15.0. The lowest BCUT2D eigenvalue weighted by Gasteiger charge is -2.32. The van der Waals surface area contributed by atoms with Gasteiger partial charge in [-0.15, -0.1) is 0 Å². The molecule has 0 aromatic heterocycles. The highest BCUT2D eigenvalue weighted by Crippen LogP contribution is 2.38. The van der Waals surface area contributed by atoms with E-state index in [0.717, 1.165) is 60.1 Å². The Morgan fingerprint density at radius 3 is 1.31 bits per heavy atom. The van der Waals surface area contributed by atoms with E-state index < -0.39 is 0 Å². The Morgan fingerprint density at radius 1 is 0.548 bits per heavy atom. The van der Waals surface area contributed by atoms with Gasteiger partial charge in [-0.3, -0.25) is 0 Å². The van der Waals surface area contributed by atoms with Crippen LogP contribution in [0.15, 0.2) is 72.8 Å². The van der Waals surface area contributed by atoms with Crippen LogP contribution in [0.25, 0.3) is 0 Å². The van der Waals surface area contributed by atoms with Crippen LogP contribution in [0.2, 0.25) is 0 Å². The summed E-state index contributed by atoms with van der Waals surface area (Å²) in [5, 5.41) is 0. The van der Waals surface area contributed by atoms with Crippen molar-refractivity contribution in [1.82, 2.24) is 0 Å². The molecule has 42 heavy (non-hydrogen) atoms. The van der Waals surface area contributed by atoms with Gasteiger partial charge in [0.1, 0.15) is 11.5 Å². The van der Waals surface area contributed by atoms with Crippen LogP contribution >= 0.6 is 0 Å². The highest BCUT2D eigenvalue weighted by molar-refractivity contribution is 6.62. The van der Waals surface area contributed by atoms with Crippen molar-refractivity contribution >= 4 is 29.6 Å². The summed E-state index contributed by atoms with van der Waals surface area (Å²) in [6.07, 6.45) is 9.57. The molecular formula is C36H50BNO4. The summed E-state index contributed by atoms with van der Waals surface area (Å²) >= 11 is 0. The molecule has 0 aliphatic carbocycles. The van der Waals surface area contributed by atoms with E-state index >= 15 is 0 Å². The van der Waals surface area contributed by atoms with E-state index in [1.807, 2.05) is 0 Å². The van der Waals surface area contributed by atoms with Gasteiger partial charge in [0, 0.05) is 17.1 Å². The molecule has 5 nitrogen and oxygen atoms in total. The number of hydrogen-bond donors (Lipinski definition) is 0. The van der Waals surface area contributed by atoms with Crippen molar-refractivity contribution in [2.45, 2.75) is 104 Å². The van der Waals surface area contributed by atoms with E-state index in [4.69, 9.17) is 18.8 Å². The molecule has 1 fully saturated rings. The van der Waals surface area contributed by atoms with Crippen molar-refractivity contribution in [3.05, 3.63) is 72.8 Å². The Morgan fingerprint density at radius 2 is 0.929 bits per heavy atom. The van der Waals surface area contributed by atoms with Crippen LogP contribution in [0.3, 0.4) is 0 Å². The molecule has 0 amide bonds. The zero-order valence-electron chi connectivity index (χ0n) is 26.7. The summed E-state index contributed by atoms with van der Waals surface area (Å²) in [7, 11) is -0.389. The third kappa shape index (κ3) is 8.32. The summed E-state index contributed by atoms with van der Waals surface area (Å²) in [6.45, 7) is 14.3. The monoisotopic (exact) mass is 571 g/mol. The second-order valence-corrected chi connectivity index (χ2v) is 12.3. The zero-order chi connectivity index (χ0) is 30.0. The Balaban J connectivity index is 1.53. The van der Waals surface area contributed by atoms with E-state index in [9.17, 15) is 0 Å². The first-order chi connectivity index (χ1) is 20.2. The number of rotatable bonds is 16. The summed E-state index contributed by atoms with van der Waals surface area (Å²) < 4.78 is 24.6. The van der Waals surface area contributed by atoms with E-state index in [2.05, 4.69) is 119 Å². The van der Waals surface area contributed by atoms with Gasteiger partial charge < -0.3 is 23.7 Å². The number of hydrogen-bond acceptors (Lipinski definition) is 5. The minimum Gasteiger partial charge on any atom is -0.494 e. The van der Waals surface area contributed by atoms with E-state index in [1.54, 1.807) is 0 Å². The molecule has 0 atom stereocenters. The summed E-state index contributed by atoms with van der Waals surface area (Å²) in [5.74, 6) is 1.80. The highest BCUT2D eigenvalue weighted by atomic mass is 16.7. The fraction of sp³-hybridized carbons (Fsp3) is 0.500. The average molecular weight is 572 g/mol. The van der Waals surface area contributed by atoms with Crippen molar-refractivity contribution in [1.29, 1.82) is 0 Å². The maximum Gasteiger partial charge on any atom is 0.494 e. The highest BCUT2D eigenvalue weighted by Gasteiger charge is 2.51. The standard InChI is InChI=1S/C36H50BNO4/c1-7-9-11-13-27-39-33-23-19-31(20-24-33)38(32-21-25-34(26-22-32)40-28-14-12-10-8-2)30-17-15-29(16-18-30)37-41-35(3,4)36(5,6)42-37/h15-26H,7-14,27-28H2,1-6H3. The lowest BCUT2D eigenvalue weighted by atomic mass is 9.79. The number of benzene rings is 3. The minimum atomic E-state index is -0.389. The van der Waals surface area contributed by atoms with Gasteiger partial charge in [0.25, 0.3) is 0 Å². The van der Waals surface area contributed by atoms with Gasteiger partial charge in [0.2, 0.25) is 0 Å². The van der Waals surface area contributed by atoms with E-state index in [-0.39, 0.29) is 18.3 Å². The molecule has 3 aromatic carbocycles. The molecule has 0 saturated carbocycles. The van der Waals surface area contributed by atoms with Gasteiger partial charge in [-0.2, -0.15) is 0 Å². The van der Waals surface area contributed by atoms with Gasteiger partial charge in [-0.05, 0) is 107 Å². The molecule has 0 bridgehead atoms. The molecule has 1 heterocycles. The molecular weight excluding hydrogens is 521 g/mol. The summed E-state index contributed by atoms with van der Waals surface area (Å²) in [5.41, 5.74) is 3.44. The van der Waals surface area contributed by atoms with Crippen LogP contribution in [-0.2, 0) is 9.31 Å². The number of unbranched alkanes of at least 4 members (excludes halogenated alkanes) is 6. The number of anilines is 3. The van der Waals surface area contributed by atoms with Crippen LogP contribution in [0.4, 0.5) is 17.1 Å². The quantitative estimate of drug-likeness (QED) is 0.127. The van der Waals surface area contributed by atoms with Crippen molar-refractivity contribution in [2.75, 3.05) is 18.1 Å². The molecule has 0 radical (unpaired) electrons. The third-order valence-electron chi connectivity index (χ3n) is 8.40. The van der Waals surface area contributed by atoms with E-state index in [1.165, 1.54) is 38.5 Å². The maximum atomic E-state index is 6.29. The van der Waals surface area contributed by atoms with Crippen molar-refractivity contribution in [3.63, 3.8) is 0 Å². The van der Waals surface area contributed by atoms with Crippen molar-refractivity contribution in [2.24, 2.45) is 0 Å². The summed E-state index contributed by atoms with van der Waals surface area (Å²) in [6, 6.07) is 25.2. The zero-order valence-corrected chi connectivity index (χ0v) is 26.7. The Kier molecular flexibility index (Phi) is 11.4. The predicted octanol–water partition coefficient (Wildman–Crippen LogP) is 9.37. The smallest absolute Gasteiger partial charge is 0.494 e. The molecule has 3 aromatic rings. The van der Waals surface area contributed by atoms with Crippen molar-refractivity contribution in [3.8, 4) is 11.5 Å². The lowest BCUT2D eigenvalue weighted by Crippen LogP contribution is -2.41. The Labute approximate surface area is 254 Å². The normalized spacial score (nSPS) is 15.5. The molecule has 1 aliphatic heterocycles. The lowest BCUT2D eigenvalue weighted by molar-refractivity contribution is 0.00578. The van der Waals surface area contributed by atoms with Gasteiger partial charge >= 0.3 is 7.12 Å². The Bertz CT molecular complexity index is 1140. The first kappa shape index (κ1) is 32.0. The molecule has 226 valence electrons. The van der Waals surface area contributed by atoms with Crippen LogP contribution in [0.5, 0.6) is 11.5 Å². The molecule has 0 N–H and O–H groups in total. The first-order valence-electron chi connectivity index (χ1n) is 16.0. The predicted molar refractivity (Wildman–Crippen MR) is 176 cm³/mol. The van der Waals surface area contributed by atoms with Gasteiger partial charge in [0.15, 0.2) is 0 Å². The fourth-order valence-corrected chi connectivity index (χ4v) is 5.03. The summed E-state index contributed by atoms with van der Waals surface area (Å²) in [4.78, 5) is 2.25. The molecule has 0 spiro atoms. The van der Waals surface area contributed by atoms with Gasteiger partial charge in [-0.25, -0.2) is 0 Å². The molecule has 6 heteroatoms. The largest absolute Gasteiger partial charge is 0.494 e. The minimum absolute atomic E-state index is 0.373. The first-order valence-corrected chi connectivity index (χ1v) is 16.0. The van der Waals surface area contributed by atoms with Crippen molar-refractivity contribution < 1.29 is 18.8 Å². The Hall–Kier alpha value is -2.96. The topological polar surface area (TPSA) is 40.2 Å². The molecule has 1 aliphatic rings. The SMILES string of the molecule is CCCCCCOc1ccc(N(c2ccc(OCCCCCC)cc2)c2ccc(B3OC(C)(C)C(C)(C)O3)cc2)cc1. The van der Waals surface area contributed by atoms with E-state index in [0.29, 0.717) is 0 Å². The van der Waals surface area contributed by atoms with Crippen LogP contribution < -0.4 is 19.8 Å². The van der Waals surface area contributed by atoms with Gasteiger partial charge in [0.05, 0.1) is 24.4 Å². The average Bonchev–Trinajstić information content (AvgIpc) is 3.21. The fourth-order valence-electron chi connectivity index (χ4n) is 5.03. The van der Waals surface area contributed by atoms with Crippen LogP contribution in [-0.4, -0.2) is 31.5 Å². The third-order valence-corrected chi connectivity index (χ3v) is 8.40. The van der Waals surface area contributed by atoms with Crippen LogP contribution in [0.1, 0.15) is 92.9 Å². The van der Waals surface area contributed by atoms with Crippen LogP contribution in [0, 0.1) is 0 Å². The second-order valence-electron chi connectivity index (χ2n) is 12.3. The number of ether oxygens (including phenoxy) is 2. The molecule has 1 saturated heterocycles. The molecule has 0 unspecified atom stereocenters. The van der Waals surface area contributed by atoms with Gasteiger partial charge in [-0.1, -0.05) is 64.5 Å². The maximum absolute atomic E-state index is 6.29. The number of nitrogens with zero attached hydrogens (tertiary/aromatic N) is 1.